The van der Waals surface area contributed by atoms with E-state index < -0.39 is 15.6 Å². The first-order valence-electron chi connectivity index (χ1n) is 6.03. The molecule has 20 heavy (non-hydrogen) atoms. The van der Waals surface area contributed by atoms with Crippen LogP contribution in [0.2, 0.25) is 0 Å². The molecule has 8 heteroatoms. The van der Waals surface area contributed by atoms with E-state index in [0.717, 1.165) is 18.9 Å². The molecular formula is C12H13F3O4S. The van der Waals surface area contributed by atoms with Crippen molar-refractivity contribution in [1.82, 2.24) is 0 Å². The van der Waals surface area contributed by atoms with Crippen molar-refractivity contribution in [3.8, 4) is 11.5 Å². The largest absolute Gasteiger partial charge is 0.534 e. The summed E-state index contributed by atoms with van der Waals surface area (Å²) in [5.41, 5.74) is -4.79. The van der Waals surface area contributed by atoms with Gasteiger partial charge in [-0.3, -0.25) is 0 Å². The molecule has 0 bridgehead atoms. The average Bonchev–Trinajstić information content (AvgIpc) is 2.69. The fraction of sp³-hybridized carbons (Fsp3) is 0.500. The zero-order valence-electron chi connectivity index (χ0n) is 10.6. The molecule has 1 heterocycles. The smallest absolute Gasteiger partial charge is 0.490 e. The van der Waals surface area contributed by atoms with Crippen LogP contribution in [0.1, 0.15) is 25.3 Å². The third-order valence-electron chi connectivity index (χ3n) is 2.87. The summed E-state index contributed by atoms with van der Waals surface area (Å²) in [7, 11) is -5.63. The topological polar surface area (TPSA) is 52.6 Å². The van der Waals surface area contributed by atoms with Crippen molar-refractivity contribution < 1.29 is 30.5 Å². The standard InChI is InChI=1S/C12H13F3O4S/c1-2-3-9-6-8-7-10(4-5-11(8)18-9)19-20(16,17)12(13,14)15/h4-5,7,9H,2-3,6H2,1H3. The number of hydrogen-bond acceptors (Lipinski definition) is 4. The van der Waals surface area contributed by atoms with Crippen molar-refractivity contribution in [2.75, 3.05) is 0 Å². The first-order chi connectivity index (χ1) is 9.23. The highest BCUT2D eigenvalue weighted by Gasteiger charge is 2.48. The molecule has 1 aromatic carbocycles. The van der Waals surface area contributed by atoms with E-state index in [1.807, 2.05) is 6.92 Å². The second kappa shape index (κ2) is 5.16. The van der Waals surface area contributed by atoms with Gasteiger partial charge in [0.1, 0.15) is 17.6 Å². The van der Waals surface area contributed by atoms with Crippen LogP contribution in [-0.2, 0) is 16.5 Å². The number of hydrogen-bond donors (Lipinski definition) is 0. The molecule has 1 atom stereocenters. The Bertz CT molecular complexity index is 595. The Morgan fingerprint density at radius 3 is 2.70 bits per heavy atom. The van der Waals surface area contributed by atoms with E-state index in [4.69, 9.17) is 4.74 Å². The van der Waals surface area contributed by atoms with Crippen LogP contribution < -0.4 is 8.92 Å². The Morgan fingerprint density at radius 1 is 1.40 bits per heavy atom. The van der Waals surface area contributed by atoms with Gasteiger partial charge in [0.15, 0.2) is 0 Å². The van der Waals surface area contributed by atoms with Gasteiger partial charge in [-0.25, -0.2) is 0 Å². The van der Waals surface area contributed by atoms with E-state index in [1.165, 1.54) is 12.1 Å². The van der Waals surface area contributed by atoms with Gasteiger partial charge in [-0.15, -0.1) is 0 Å². The predicted molar refractivity (Wildman–Crippen MR) is 65.1 cm³/mol. The Labute approximate surface area is 114 Å². The average molecular weight is 310 g/mol. The van der Waals surface area contributed by atoms with Crippen molar-refractivity contribution in [3.05, 3.63) is 23.8 Å². The van der Waals surface area contributed by atoms with Gasteiger partial charge in [0.2, 0.25) is 0 Å². The minimum atomic E-state index is -5.63. The van der Waals surface area contributed by atoms with Crippen molar-refractivity contribution >= 4 is 10.1 Å². The van der Waals surface area contributed by atoms with E-state index in [9.17, 15) is 21.6 Å². The van der Waals surface area contributed by atoms with E-state index in [1.54, 1.807) is 0 Å². The Hall–Kier alpha value is -1.44. The van der Waals surface area contributed by atoms with Gasteiger partial charge < -0.3 is 8.92 Å². The van der Waals surface area contributed by atoms with Crippen LogP contribution in [0.15, 0.2) is 18.2 Å². The molecule has 112 valence electrons. The highest BCUT2D eigenvalue weighted by molar-refractivity contribution is 7.87. The summed E-state index contributed by atoms with van der Waals surface area (Å²) in [6, 6.07) is 3.84. The lowest BCUT2D eigenvalue weighted by molar-refractivity contribution is -0.0500. The zero-order chi connectivity index (χ0) is 15.0. The van der Waals surface area contributed by atoms with E-state index in [-0.39, 0.29) is 11.9 Å². The maximum atomic E-state index is 12.2. The molecule has 1 unspecified atom stereocenters. The van der Waals surface area contributed by atoms with E-state index in [0.29, 0.717) is 17.7 Å². The van der Waals surface area contributed by atoms with E-state index in [2.05, 4.69) is 4.18 Å². The molecule has 0 saturated heterocycles. The van der Waals surface area contributed by atoms with Crippen LogP contribution in [0.4, 0.5) is 13.2 Å². The van der Waals surface area contributed by atoms with Crippen LogP contribution in [0.25, 0.3) is 0 Å². The molecule has 0 aliphatic carbocycles. The molecule has 1 aromatic rings. The minimum absolute atomic E-state index is 0.0236. The minimum Gasteiger partial charge on any atom is -0.490 e. The molecule has 2 rings (SSSR count). The number of halogens is 3. The molecule has 0 aromatic heterocycles. The van der Waals surface area contributed by atoms with Crippen LogP contribution in [0.5, 0.6) is 11.5 Å². The molecule has 0 saturated carbocycles. The monoisotopic (exact) mass is 310 g/mol. The van der Waals surface area contributed by atoms with Crippen LogP contribution in [0.3, 0.4) is 0 Å². The van der Waals surface area contributed by atoms with Gasteiger partial charge in [-0.2, -0.15) is 21.6 Å². The van der Waals surface area contributed by atoms with Crippen molar-refractivity contribution in [2.24, 2.45) is 0 Å². The Balaban J connectivity index is 2.17. The summed E-state index contributed by atoms with van der Waals surface area (Å²) in [5.74, 6) is 0.196. The van der Waals surface area contributed by atoms with Crippen molar-refractivity contribution in [1.29, 1.82) is 0 Å². The van der Waals surface area contributed by atoms with Crippen LogP contribution >= 0.6 is 0 Å². The Morgan fingerprint density at radius 2 is 2.10 bits per heavy atom. The molecule has 4 nitrogen and oxygen atoms in total. The first kappa shape index (κ1) is 15.0. The summed E-state index contributed by atoms with van der Waals surface area (Å²) in [6.07, 6.45) is 2.26. The van der Waals surface area contributed by atoms with Crippen LogP contribution in [0, 0.1) is 0 Å². The normalized spacial score (nSPS) is 18.5. The number of benzene rings is 1. The molecule has 1 aliphatic rings. The highest BCUT2D eigenvalue weighted by Crippen LogP contribution is 2.35. The van der Waals surface area contributed by atoms with Crippen LogP contribution in [-0.4, -0.2) is 20.0 Å². The molecule has 1 aliphatic heterocycles. The first-order valence-corrected chi connectivity index (χ1v) is 7.44. The van der Waals surface area contributed by atoms with Gasteiger partial charge >= 0.3 is 15.6 Å². The molecular weight excluding hydrogens is 297 g/mol. The maximum absolute atomic E-state index is 12.2. The molecule has 0 N–H and O–H groups in total. The second-order valence-electron chi connectivity index (χ2n) is 4.49. The summed E-state index contributed by atoms with van der Waals surface area (Å²) in [6.45, 7) is 2.00. The summed E-state index contributed by atoms with van der Waals surface area (Å²) >= 11 is 0. The number of rotatable bonds is 4. The van der Waals surface area contributed by atoms with Crippen molar-refractivity contribution in [3.63, 3.8) is 0 Å². The SMILES string of the molecule is CCCC1Cc2cc(OS(=O)(=O)C(F)(F)F)ccc2O1. The third-order valence-corrected chi connectivity index (χ3v) is 3.85. The highest BCUT2D eigenvalue weighted by atomic mass is 32.2. The summed E-state index contributed by atoms with van der Waals surface area (Å²) in [4.78, 5) is 0. The maximum Gasteiger partial charge on any atom is 0.534 e. The number of fused-ring (bicyclic) bond motifs is 1. The second-order valence-corrected chi connectivity index (χ2v) is 6.02. The van der Waals surface area contributed by atoms with E-state index >= 15 is 0 Å². The number of ether oxygens (including phenoxy) is 1. The molecule has 0 spiro atoms. The molecule has 0 amide bonds. The van der Waals surface area contributed by atoms with Gasteiger partial charge in [0, 0.05) is 12.0 Å². The lowest BCUT2D eigenvalue weighted by atomic mass is 10.1. The fourth-order valence-electron chi connectivity index (χ4n) is 2.01. The third kappa shape index (κ3) is 3.00. The molecule has 0 fully saturated rings. The zero-order valence-corrected chi connectivity index (χ0v) is 11.4. The van der Waals surface area contributed by atoms with Gasteiger partial charge in [-0.05, 0) is 24.6 Å². The lowest BCUT2D eigenvalue weighted by Gasteiger charge is -2.10. The fourth-order valence-corrected chi connectivity index (χ4v) is 2.46. The predicted octanol–water partition coefficient (Wildman–Crippen LogP) is 3.02. The van der Waals surface area contributed by atoms with Crippen molar-refractivity contribution in [2.45, 2.75) is 37.8 Å². The van der Waals surface area contributed by atoms with Gasteiger partial charge in [0.05, 0.1) is 0 Å². The summed E-state index contributed by atoms with van der Waals surface area (Å²) in [5, 5.41) is 0. The quantitative estimate of drug-likeness (QED) is 0.633. The number of alkyl halides is 3. The summed E-state index contributed by atoms with van der Waals surface area (Å²) < 4.78 is 68.1. The van der Waals surface area contributed by atoms with Gasteiger partial charge in [-0.1, -0.05) is 13.3 Å². The Kier molecular flexibility index (Phi) is 3.86. The molecule has 0 radical (unpaired) electrons. The lowest BCUT2D eigenvalue weighted by Crippen LogP contribution is -2.28. The van der Waals surface area contributed by atoms with Gasteiger partial charge in [0.25, 0.3) is 0 Å².